The van der Waals surface area contributed by atoms with Gasteiger partial charge in [0.1, 0.15) is 5.54 Å². The number of hydrogen-bond acceptors (Lipinski definition) is 7. The van der Waals surface area contributed by atoms with Gasteiger partial charge >= 0.3 is 5.97 Å². The highest BCUT2D eigenvalue weighted by atomic mass is 16.5. The number of carbonyl (C=O) groups excluding carboxylic acids is 3. The minimum Gasteiger partial charge on any atom is -0.468 e. The maximum absolute atomic E-state index is 13.3. The Labute approximate surface area is 167 Å². The first-order valence-electron chi connectivity index (χ1n) is 9.64. The van der Waals surface area contributed by atoms with Crippen LogP contribution in [-0.4, -0.2) is 61.8 Å². The number of likely N-dealkylation sites (tertiary alicyclic amines) is 1. The van der Waals surface area contributed by atoms with Crippen molar-refractivity contribution in [1.29, 1.82) is 0 Å². The number of amides is 2. The molecule has 1 aromatic heterocycles. The van der Waals surface area contributed by atoms with E-state index in [0.717, 1.165) is 16.9 Å². The summed E-state index contributed by atoms with van der Waals surface area (Å²) in [6.45, 7) is 4.08. The second-order valence-electron chi connectivity index (χ2n) is 7.83. The SMILES string of the molecule is CCN1C(=O)[C@H]2[C@@H](C1=O)[C@@](C)(C(=O)OC)N1Cc3cnnn3-c3ccccc3[C@@H]21. The van der Waals surface area contributed by atoms with Crippen molar-refractivity contribution in [3.63, 3.8) is 0 Å². The second-order valence-corrected chi connectivity index (χ2v) is 7.83. The molecule has 0 radical (unpaired) electrons. The van der Waals surface area contributed by atoms with Gasteiger partial charge in [-0.15, -0.1) is 5.10 Å². The molecule has 9 nitrogen and oxygen atoms in total. The molecule has 150 valence electrons. The summed E-state index contributed by atoms with van der Waals surface area (Å²) in [7, 11) is 1.31. The lowest BCUT2D eigenvalue weighted by Gasteiger charge is -2.38. The molecule has 1 aromatic carbocycles. The third-order valence-corrected chi connectivity index (χ3v) is 6.67. The van der Waals surface area contributed by atoms with Gasteiger partial charge in [0.05, 0.1) is 42.6 Å². The Morgan fingerprint density at radius 2 is 2.03 bits per heavy atom. The number of rotatable bonds is 2. The van der Waals surface area contributed by atoms with Crippen LogP contribution in [0.5, 0.6) is 0 Å². The molecule has 0 N–H and O–H groups in total. The van der Waals surface area contributed by atoms with Crippen LogP contribution in [0.3, 0.4) is 0 Å². The number of aromatic nitrogens is 3. The van der Waals surface area contributed by atoms with Gasteiger partial charge in [-0.25, -0.2) is 4.68 Å². The number of para-hydroxylation sites is 1. The van der Waals surface area contributed by atoms with E-state index in [0.29, 0.717) is 6.54 Å². The van der Waals surface area contributed by atoms with E-state index in [9.17, 15) is 14.4 Å². The summed E-state index contributed by atoms with van der Waals surface area (Å²) in [6.07, 6.45) is 1.65. The van der Waals surface area contributed by atoms with E-state index >= 15 is 0 Å². The van der Waals surface area contributed by atoms with Gasteiger partial charge in [0.2, 0.25) is 11.8 Å². The molecule has 0 unspecified atom stereocenters. The number of benzene rings is 1. The third-order valence-electron chi connectivity index (χ3n) is 6.67. The molecule has 0 spiro atoms. The summed E-state index contributed by atoms with van der Waals surface area (Å²) in [6, 6.07) is 7.18. The van der Waals surface area contributed by atoms with Crippen LogP contribution in [0.2, 0.25) is 0 Å². The van der Waals surface area contributed by atoms with Crippen molar-refractivity contribution in [2.75, 3.05) is 13.7 Å². The summed E-state index contributed by atoms with van der Waals surface area (Å²) in [4.78, 5) is 42.8. The van der Waals surface area contributed by atoms with Crippen molar-refractivity contribution in [3.05, 3.63) is 41.7 Å². The monoisotopic (exact) mass is 395 g/mol. The molecule has 0 bridgehead atoms. The average Bonchev–Trinajstić information content (AvgIpc) is 3.33. The van der Waals surface area contributed by atoms with Gasteiger partial charge in [-0.2, -0.15) is 0 Å². The molecule has 2 fully saturated rings. The van der Waals surface area contributed by atoms with Gasteiger partial charge in [-0.05, 0) is 25.5 Å². The van der Waals surface area contributed by atoms with Crippen LogP contribution < -0.4 is 0 Å². The largest absolute Gasteiger partial charge is 0.468 e. The standard InChI is InChI=1S/C20H21N5O4/c1-4-23-17(26)14-15(18(23)27)20(2,19(28)29-3)24-10-11-9-21-22-25(11)13-8-6-5-7-12(13)16(14)24/h5-9,14-16H,4,10H2,1-3H3/t14-,15-,16-,20-/m0/s1. The van der Waals surface area contributed by atoms with E-state index in [2.05, 4.69) is 10.3 Å². The van der Waals surface area contributed by atoms with Gasteiger partial charge in [-0.1, -0.05) is 23.4 Å². The van der Waals surface area contributed by atoms with Crippen molar-refractivity contribution in [3.8, 4) is 5.69 Å². The zero-order chi connectivity index (χ0) is 20.5. The number of ether oxygens (including phenoxy) is 1. The van der Waals surface area contributed by atoms with E-state index in [1.54, 1.807) is 24.7 Å². The summed E-state index contributed by atoms with van der Waals surface area (Å²) in [5.74, 6) is -2.54. The van der Waals surface area contributed by atoms with Crippen molar-refractivity contribution < 1.29 is 19.1 Å². The van der Waals surface area contributed by atoms with E-state index in [1.807, 2.05) is 29.2 Å². The zero-order valence-electron chi connectivity index (χ0n) is 16.4. The minimum absolute atomic E-state index is 0.238. The lowest BCUT2D eigenvalue weighted by atomic mass is 9.80. The molecular formula is C20H21N5O4. The predicted octanol–water partition coefficient (Wildman–Crippen LogP) is 0.690. The highest BCUT2D eigenvalue weighted by Gasteiger charge is 2.70. The van der Waals surface area contributed by atoms with Crippen LogP contribution in [0.1, 0.15) is 31.1 Å². The van der Waals surface area contributed by atoms with Crippen LogP contribution >= 0.6 is 0 Å². The maximum Gasteiger partial charge on any atom is 0.326 e. The van der Waals surface area contributed by atoms with E-state index in [4.69, 9.17) is 4.74 Å². The number of methoxy groups -OCH3 is 1. The Kier molecular flexibility index (Phi) is 3.70. The predicted molar refractivity (Wildman–Crippen MR) is 99.4 cm³/mol. The summed E-state index contributed by atoms with van der Waals surface area (Å²) in [5.41, 5.74) is 1.14. The van der Waals surface area contributed by atoms with E-state index in [-0.39, 0.29) is 18.4 Å². The number of imide groups is 1. The van der Waals surface area contributed by atoms with Gasteiger partial charge in [0.15, 0.2) is 0 Å². The molecule has 0 saturated carbocycles. The fraction of sp³-hybridized carbons (Fsp3) is 0.450. The summed E-state index contributed by atoms with van der Waals surface area (Å²) in [5, 5.41) is 8.24. The van der Waals surface area contributed by atoms with Crippen LogP contribution in [-0.2, 0) is 25.7 Å². The van der Waals surface area contributed by atoms with Crippen molar-refractivity contribution >= 4 is 17.8 Å². The maximum atomic E-state index is 13.3. The number of carbonyl (C=O) groups is 3. The summed E-state index contributed by atoms with van der Waals surface area (Å²) < 4.78 is 6.88. The lowest BCUT2D eigenvalue weighted by Crippen LogP contribution is -2.55. The lowest BCUT2D eigenvalue weighted by molar-refractivity contribution is -0.160. The molecule has 4 heterocycles. The van der Waals surface area contributed by atoms with E-state index in [1.165, 1.54) is 12.0 Å². The zero-order valence-corrected chi connectivity index (χ0v) is 16.4. The molecular weight excluding hydrogens is 374 g/mol. The van der Waals surface area contributed by atoms with Gasteiger partial charge in [-0.3, -0.25) is 24.2 Å². The molecule has 3 aliphatic rings. The van der Waals surface area contributed by atoms with Crippen molar-refractivity contribution in [2.24, 2.45) is 11.8 Å². The van der Waals surface area contributed by atoms with E-state index < -0.39 is 29.4 Å². The Hall–Kier alpha value is -3.07. The fourth-order valence-electron chi connectivity index (χ4n) is 5.38. The number of nitrogens with zero attached hydrogens (tertiary/aromatic N) is 5. The van der Waals surface area contributed by atoms with Gasteiger partial charge < -0.3 is 4.74 Å². The van der Waals surface area contributed by atoms with Crippen LogP contribution in [0, 0.1) is 11.8 Å². The van der Waals surface area contributed by atoms with Crippen LogP contribution in [0.25, 0.3) is 5.69 Å². The molecule has 3 aliphatic heterocycles. The second kappa shape index (κ2) is 5.96. The smallest absolute Gasteiger partial charge is 0.326 e. The first kappa shape index (κ1) is 18.0. The normalized spacial score (nSPS) is 30.4. The van der Waals surface area contributed by atoms with Crippen molar-refractivity contribution in [2.45, 2.75) is 32.0 Å². The highest BCUT2D eigenvalue weighted by Crippen LogP contribution is 2.57. The third kappa shape index (κ3) is 2.05. The van der Waals surface area contributed by atoms with Crippen LogP contribution in [0.4, 0.5) is 0 Å². The topological polar surface area (TPSA) is 97.6 Å². The van der Waals surface area contributed by atoms with Gasteiger partial charge in [0, 0.05) is 13.1 Å². The quantitative estimate of drug-likeness (QED) is 0.545. The fourth-order valence-corrected chi connectivity index (χ4v) is 5.38. The molecule has 29 heavy (non-hydrogen) atoms. The highest BCUT2D eigenvalue weighted by molar-refractivity contribution is 6.09. The molecule has 2 saturated heterocycles. The molecule has 0 aliphatic carbocycles. The number of fused-ring (bicyclic) bond motifs is 7. The average molecular weight is 395 g/mol. The Morgan fingerprint density at radius 1 is 1.28 bits per heavy atom. The minimum atomic E-state index is -1.28. The summed E-state index contributed by atoms with van der Waals surface area (Å²) >= 11 is 0. The number of hydrogen-bond donors (Lipinski definition) is 0. The Morgan fingerprint density at radius 3 is 2.76 bits per heavy atom. The molecule has 9 heteroatoms. The molecule has 2 amide bonds. The van der Waals surface area contributed by atoms with Gasteiger partial charge in [0.25, 0.3) is 0 Å². The number of esters is 1. The first-order valence-corrected chi connectivity index (χ1v) is 9.64. The molecule has 5 rings (SSSR count). The van der Waals surface area contributed by atoms with Crippen LogP contribution in [0.15, 0.2) is 30.5 Å². The Balaban J connectivity index is 1.80. The molecule has 2 aromatic rings. The Bertz CT molecular complexity index is 1050. The first-order chi connectivity index (χ1) is 13.9. The molecule has 4 atom stereocenters. The van der Waals surface area contributed by atoms with Crippen molar-refractivity contribution in [1.82, 2.24) is 24.8 Å².